The highest BCUT2D eigenvalue weighted by molar-refractivity contribution is 5.96. The Morgan fingerprint density at radius 2 is 2.00 bits per heavy atom. The number of hydrogen-bond acceptors (Lipinski definition) is 3. The number of carbonyl (C=O) groups excluding carboxylic acids is 1. The SMILES string of the molecule is CCOc1cc(F)ccc1NC(=O)[C@@H]1CC=CC[C@H]1C(=O)O. The summed E-state index contributed by atoms with van der Waals surface area (Å²) in [5.74, 6) is -3.03. The number of allylic oxidation sites excluding steroid dienone is 2. The lowest BCUT2D eigenvalue weighted by Gasteiger charge is -2.24. The van der Waals surface area contributed by atoms with Gasteiger partial charge in [0.15, 0.2) is 0 Å². The summed E-state index contributed by atoms with van der Waals surface area (Å²) in [5.41, 5.74) is 0.340. The van der Waals surface area contributed by atoms with Crippen LogP contribution < -0.4 is 10.1 Å². The third-order valence-corrected chi connectivity index (χ3v) is 3.59. The van der Waals surface area contributed by atoms with E-state index in [2.05, 4.69) is 5.32 Å². The van der Waals surface area contributed by atoms with Crippen molar-refractivity contribution in [3.8, 4) is 5.75 Å². The molecule has 0 saturated heterocycles. The molecule has 2 rings (SSSR count). The van der Waals surface area contributed by atoms with Gasteiger partial charge in [-0.25, -0.2) is 4.39 Å². The molecule has 1 aromatic rings. The summed E-state index contributed by atoms with van der Waals surface area (Å²) in [5, 5.41) is 11.9. The van der Waals surface area contributed by atoms with Crippen molar-refractivity contribution in [2.75, 3.05) is 11.9 Å². The molecular formula is C16H18FNO4. The summed E-state index contributed by atoms with van der Waals surface area (Å²) in [6.45, 7) is 2.08. The molecule has 0 radical (unpaired) electrons. The standard InChI is InChI=1S/C16H18FNO4/c1-2-22-14-9-10(17)7-8-13(14)18-15(19)11-5-3-4-6-12(11)16(20)21/h3-4,7-9,11-12H,2,5-6H2,1H3,(H,18,19)(H,20,21)/t11-,12-/m1/s1. The van der Waals surface area contributed by atoms with Crippen LogP contribution in [0.1, 0.15) is 19.8 Å². The van der Waals surface area contributed by atoms with Crippen LogP contribution in [0, 0.1) is 17.7 Å². The van der Waals surface area contributed by atoms with Gasteiger partial charge >= 0.3 is 5.97 Å². The molecule has 1 aromatic carbocycles. The molecule has 0 unspecified atom stereocenters. The normalized spacial score (nSPS) is 20.5. The van der Waals surface area contributed by atoms with Crippen LogP contribution in [-0.4, -0.2) is 23.6 Å². The summed E-state index contributed by atoms with van der Waals surface area (Å²) in [4.78, 5) is 23.6. The molecule has 1 aliphatic rings. The van der Waals surface area contributed by atoms with Gasteiger partial charge in [0.25, 0.3) is 0 Å². The van der Waals surface area contributed by atoms with Crippen LogP contribution in [0.2, 0.25) is 0 Å². The van der Waals surface area contributed by atoms with E-state index in [0.29, 0.717) is 25.1 Å². The highest BCUT2D eigenvalue weighted by Crippen LogP contribution is 2.30. The van der Waals surface area contributed by atoms with E-state index in [9.17, 15) is 19.1 Å². The second-order valence-electron chi connectivity index (χ2n) is 5.06. The predicted octanol–water partition coefficient (Wildman–Crippen LogP) is 2.83. The van der Waals surface area contributed by atoms with Gasteiger partial charge in [0.2, 0.25) is 5.91 Å². The van der Waals surface area contributed by atoms with E-state index >= 15 is 0 Å². The minimum absolute atomic E-state index is 0.231. The molecule has 0 heterocycles. The number of nitrogens with one attached hydrogen (secondary N) is 1. The van der Waals surface area contributed by atoms with Gasteiger partial charge in [0.05, 0.1) is 24.1 Å². The molecule has 0 bridgehead atoms. The molecule has 1 amide bonds. The fraction of sp³-hybridized carbons (Fsp3) is 0.375. The number of carbonyl (C=O) groups is 2. The van der Waals surface area contributed by atoms with Crippen LogP contribution in [0.4, 0.5) is 10.1 Å². The van der Waals surface area contributed by atoms with Crippen LogP contribution in [0.5, 0.6) is 5.75 Å². The van der Waals surface area contributed by atoms with Crippen molar-refractivity contribution in [3.05, 3.63) is 36.2 Å². The number of halogens is 1. The first-order valence-corrected chi connectivity index (χ1v) is 7.14. The maximum absolute atomic E-state index is 13.3. The number of carboxylic acids is 1. The summed E-state index contributed by atoms with van der Waals surface area (Å²) in [6.07, 6.45) is 4.27. The fourth-order valence-electron chi connectivity index (χ4n) is 2.48. The molecule has 118 valence electrons. The second kappa shape index (κ2) is 7.06. The van der Waals surface area contributed by atoms with E-state index < -0.39 is 29.5 Å². The molecule has 5 nitrogen and oxygen atoms in total. The average Bonchev–Trinajstić information content (AvgIpc) is 2.50. The van der Waals surface area contributed by atoms with Crippen LogP contribution in [-0.2, 0) is 9.59 Å². The van der Waals surface area contributed by atoms with Gasteiger partial charge in [-0.05, 0) is 31.9 Å². The maximum atomic E-state index is 13.3. The Morgan fingerprint density at radius 3 is 2.64 bits per heavy atom. The van der Waals surface area contributed by atoms with Crippen molar-refractivity contribution in [2.45, 2.75) is 19.8 Å². The van der Waals surface area contributed by atoms with Gasteiger partial charge in [0, 0.05) is 6.07 Å². The molecule has 22 heavy (non-hydrogen) atoms. The van der Waals surface area contributed by atoms with E-state index in [4.69, 9.17) is 4.74 Å². The van der Waals surface area contributed by atoms with E-state index in [1.54, 1.807) is 19.1 Å². The number of anilines is 1. The first-order chi connectivity index (χ1) is 10.5. The third-order valence-electron chi connectivity index (χ3n) is 3.59. The Kier molecular flexibility index (Phi) is 5.14. The van der Waals surface area contributed by atoms with Gasteiger partial charge in [-0.1, -0.05) is 12.2 Å². The largest absolute Gasteiger partial charge is 0.492 e. The topological polar surface area (TPSA) is 75.6 Å². The smallest absolute Gasteiger partial charge is 0.307 e. The van der Waals surface area contributed by atoms with E-state index in [-0.39, 0.29) is 5.75 Å². The van der Waals surface area contributed by atoms with Gasteiger partial charge in [-0.15, -0.1) is 0 Å². The van der Waals surface area contributed by atoms with Crippen molar-refractivity contribution < 1.29 is 23.8 Å². The molecule has 0 saturated carbocycles. The zero-order valence-corrected chi connectivity index (χ0v) is 12.2. The molecule has 1 aliphatic carbocycles. The van der Waals surface area contributed by atoms with Gasteiger partial charge in [-0.3, -0.25) is 9.59 Å². The van der Waals surface area contributed by atoms with Gasteiger partial charge in [-0.2, -0.15) is 0 Å². The first kappa shape index (κ1) is 16.0. The van der Waals surface area contributed by atoms with Crippen LogP contribution in [0.15, 0.2) is 30.4 Å². The highest BCUT2D eigenvalue weighted by Gasteiger charge is 2.34. The number of ether oxygens (including phenoxy) is 1. The molecule has 0 aromatic heterocycles. The van der Waals surface area contributed by atoms with Gasteiger partial charge in [0.1, 0.15) is 11.6 Å². The summed E-state index contributed by atoms with van der Waals surface area (Å²) < 4.78 is 18.5. The van der Waals surface area contributed by atoms with Crippen molar-refractivity contribution in [2.24, 2.45) is 11.8 Å². The molecule has 0 aliphatic heterocycles. The summed E-state index contributed by atoms with van der Waals surface area (Å²) in [7, 11) is 0. The number of benzene rings is 1. The average molecular weight is 307 g/mol. The number of rotatable bonds is 5. The molecule has 2 N–H and O–H groups in total. The van der Waals surface area contributed by atoms with Crippen molar-refractivity contribution in [1.29, 1.82) is 0 Å². The molecule has 6 heteroatoms. The summed E-state index contributed by atoms with van der Waals surface area (Å²) in [6, 6.07) is 3.81. The molecule has 2 atom stereocenters. The van der Waals surface area contributed by atoms with Crippen LogP contribution in [0.3, 0.4) is 0 Å². The quantitative estimate of drug-likeness (QED) is 0.820. The first-order valence-electron chi connectivity index (χ1n) is 7.14. The van der Waals surface area contributed by atoms with Gasteiger partial charge < -0.3 is 15.2 Å². The zero-order chi connectivity index (χ0) is 16.1. The Morgan fingerprint density at radius 1 is 1.32 bits per heavy atom. The minimum Gasteiger partial charge on any atom is -0.492 e. The molecular weight excluding hydrogens is 289 g/mol. The number of hydrogen-bond donors (Lipinski definition) is 2. The monoisotopic (exact) mass is 307 g/mol. The fourth-order valence-corrected chi connectivity index (χ4v) is 2.48. The maximum Gasteiger partial charge on any atom is 0.307 e. The Balaban J connectivity index is 2.17. The number of carboxylic acid groups (broad SMARTS) is 1. The Hall–Kier alpha value is -2.37. The zero-order valence-electron chi connectivity index (χ0n) is 12.2. The van der Waals surface area contributed by atoms with E-state index in [0.717, 1.165) is 0 Å². The molecule has 0 fully saturated rings. The van der Waals surface area contributed by atoms with Crippen molar-refractivity contribution in [3.63, 3.8) is 0 Å². The number of amides is 1. The summed E-state index contributed by atoms with van der Waals surface area (Å²) >= 11 is 0. The highest BCUT2D eigenvalue weighted by atomic mass is 19.1. The predicted molar refractivity (Wildman–Crippen MR) is 79.2 cm³/mol. The van der Waals surface area contributed by atoms with Crippen LogP contribution >= 0.6 is 0 Å². The van der Waals surface area contributed by atoms with Crippen molar-refractivity contribution >= 4 is 17.6 Å². The number of aliphatic carboxylic acids is 1. The Bertz CT molecular complexity index is 600. The third kappa shape index (κ3) is 3.63. The van der Waals surface area contributed by atoms with Crippen molar-refractivity contribution in [1.82, 2.24) is 0 Å². The lowest BCUT2D eigenvalue weighted by molar-refractivity contribution is -0.146. The Labute approximate surface area is 127 Å². The van der Waals surface area contributed by atoms with E-state index in [1.165, 1.54) is 18.2 Å². The lowest BCUT2D eigenvalue weighted by Crippen LogP contribution is -2.34. The minimum atomic E-state index is -0.992. The molecule has 0 spiro atoms. The second-order valence-corrected chi connectivity index (χ2v) is 5.06. The van der Waals surface area contributed by atoms with E-state index in [1.807, 2.05) is 0 Å². The van der Waals surface area contributed by atoms with Crippen LogP contribution in [0.25, 0.3) is 0 Å². The lowest BCUT2D eigenvalue weighted by atomic mass is 9.82.